The molecule has 0 spiro atoms. The lowest BCUT2D eigenvalue weighted by Gasteiger charge is -2.32. The number of piperidine rings is 1. The number of likely N-dealkylation sites (tertiary alicyclic amines) is 1. The van der Waals surface area contributed by atoms with E-state index in [9.17, 15) is 9.59 Å². The first-order valence-corrected chi connectivity index (χ1v) is 9.98. The lowest BCUT2D eigenvalue weighted by Crippen LogP contribution is -2.43. The fraction of sp³-hybridized carbons (Fsp3) is 0.455. The van der Waals surface area contributed by atoms with Gasteiger partial charge in [-0.25, -0.2) is 9.97 Å². The zero-order valence-corrected chi connectivity index (χ0v) is 17.5. The highest BCUT2D eigenvalue weighted by Crippen LogP contribution is 2.25. The van der Waals surface area contributed by atoms with Crippen molar-refractivity contribution in [2.24, 2.45) is 5.92 Å². The topological polar surface area (TPSA) is 75.6 Å². The molecule has 2 aromatic rings. The highest BCUT2D eigenvalue weighted by Gasteiger charge is 2.31. The van der Waals surface area contributed by atoms with Gasteiger partial charge in [0.25, 0.3) is 5.91 Å². The summed E-state index contributed by atoms with van der Waals surface area (Å²) in [6.07, 6.45) is 3.11. The minimum absolute atomic E-state index is 0.154. The molecule has 1 aromatic carbocycles. The highest BCUT2D eigenvalue weighted by molar-refractivity contribution is 5.99. The second-order valence-corrected chi connectivity index (χ2v) is 7.53. The Kier molecular flexibility index (Phi) is 6.46. The van der Waals surface area contributed by atoms with Gasteiger partial charge in [0.1, 0.15) is 11.4 Å². The predicted molar refractivity (Wildman–Crippen MR) is 112 cm³/mol. The summed E-state index contributed by atoms with van der Waals surface area (Å²) in [5, 5.41) is 0. The Balaban J connectivity index is 1.86. The summed E-state index contributed by atoms with van der Waals surface area (Å²) in [6.45, 7) is 5.15. The summed E-state index contributed by atoms with van der Waals surface area (Å²) >= 11 is 0. The van der Waals surface area contributed by atoms with Gasteiger partial charge < -0.3 is 14.5 Å². The van der Waals surface area contributed by atoms with Crippen molar-refractivity contribution in [1.82, 2.24) is 14.9 Å². The van der Waals surface area contributed by atoms with Crippen molar-refractivity contribution in [2.75, 3.05) is 38.7 Å². The predicted octanol–water partition coefficient (Wildman–Crippen LogP) is 2.93. The van der Waals surface area contributed by atoms with Gasteiger partial charge in [0.15, 0.2) is 5.82 Å². The highest BCUT2D eigenvalue weighted by atomic mass is 16.5. The summed E-state index contributed by atoms with van der Waals surface area (Å²) in [4.78, 5) is 37.9. The molecule has 0 saturated carbocycles. The van der Waals surface area contributed by atoms with E-state index in [4.69, 9.17) is 4.74 Å². The van der Waals surface area contributed by atoms with Gasteiger partial charge in [-0.2, -0.15) is 0 Å². The standard InChI is InChI=1S/C22H28N4O3/c1-5-29-22(28)17-7-6-12-26(14-17)21(27)18-13-23-19(24-20(18)25(3)4)16-10-8-15(2)9-11-16/h8-11,13,17H,5-7,12,14H2,1-4H3. The van der Waals surface area contributed by atoms with Crippen molar-refractivity contribution in [3.63, 3.8) is 0 Å². The number of rotatable bonds is 5. The van der Waals surface area contributed by atoms with Crippen LogP contribution in [-0.4, -0.2) is 60.5 Å². The molecule has 1 atom stereocenters. The monoisotopic (exact) mass is 396 g/mol. The Morgan fingerprint density at radius 3 is 2.62 bits per heavy atom. The molecule has 1 saturated heterocycles. The average Bonchev–Trinajstić information content (AvgIpc) is 2.73. The second-order valence-electron chi connectivity index (χ2n) is 7.53. The van der Waals surface area contributed by atoms with Crippen LogP contribution in [0.15, 0.2) is 30.5 Å². The molecule has 7 nitrogen and oxygen atoms in total. The maximum atomic E-state index is 13.2. The molecule has 1 aromatic heterocycles. The van der Waals surface area contributed by atoms with Crippen LogP contribution in [0.1, 0.15) is 35.7 Å². The molecule has 1 aliphatic rings. The van der Waals surface area contributed by atoms with Crippen LogP contribution in [0.3, 0.4) is 0 Å². The smallest absolute Gasteiger partial charge is 0.310 e. The van der Waals surface area contributed by atoms with E-state index in [1.807, 2.05) is 50.2 Å². The summed E-state index contributed by atoms with van der Waals surface area (Å²) in [5.41, 5.74) is 2.50. The van der Waals surface area contributed by atoms with Crippen molar-refractivity contribution in [3.8, 4) is 11.4 Å². The van der Waals surface area contributed by atoms with Crippen LogP contribution in [0.2, 0.25) is 0 Å². The van der Waals surface area contributed by atoms with Gasteiger partial charge in [-0.05, 0) is 26.7 Å². The quantitative estimate of drug-likeness (QED) is 0.724. The number of benzene rings is 1. The Labute approximate surface area is 171 Å². The molecule has 2 heterocycles. The third-order valence-corrected chi connectivity index (χ3v) is 5.06. The van der Waals surface area contributed by atoms with Crippen LogP contribution < -0.4 is 4.90 Å². The molecule has 0 aliphatic carbocycles. The Morgan fingerprint density at radius 1 is 1.24 bits per heavy atom. The second kappa shape index (κ2) is 9.03. The molecular formula is C22H28N4O3. The van der Waals surface area contributed by atoms with E-state index >= 15 is 0 Å². The SMILES string of the molecule is CCOC(=O)C1CCCN(C(=O)c2cnc(-c3ccc(C)cc3)nc2N(C)C)C1. The minimum atomic E-state index is -0.275. The molecule has 0 bridgehead atoms. The number of amides is 1. The van der Waals surface area contributed by atoms with Crippen LogP contribution in [0.5, 0.6) is 0 Å². The van der Waals surface area contributed by atoms with E-state index in [2.05, 4.69) is 9.97 Å². The summed E-state index contributed by atoms with van der Waals surface area (Å²) in [6, 6.07) is 7.97. The van der Waals surface area contributed by atoms with Crippen molar-refractivity contribution >= 4 is 17.7 Å². The van der Waals surface area contributed by atoms with Gasteiger partial charge in [0.2, 0.25) is 0 Å². The fourth-order valence-electron chi connectivity index (χ4n) is 3.49. The molecule has 154 valence electrons. The van der Waals surface area contributed by atoms with Crippen LogP contribution in [0.25, 0.3) is 11.4 Å². The fourth-order valence-corrected chi connectivity index (χ4v) is 3.49. The zero-order chi connectivity index (χ0) is 21.0. The maximum absolute atomic E-state index is 13.2. The van der Waals surface area contributed by atoms with Crippen LogP contribution in [0, 0.1) is 12.8 Å². The lowest BCUT2D eigenvalue weighted by atomic mass is 9.97. The largest absolute Gasteiger partial charge is 0.466 e. The van der Waals surface area contributed by atoms with Crippen LogP contribution in [-0.2, 0) is 9.53 Å². The van der Waals surface area contributed by atoms with Crippen LogP contribution in [0.4, 0.5) is 5.82 Å². The Bertz CT molecular complexity index is 880. The van der Waals surface area contributed by atoms with Gasteiger partial charge in [-0.3, -0.25) is 9.59 Å². The van der Waals surface area contributed by atoms with Gasteiger partial charge in [0, 0.05) is 38.9 Å². The van der Waals surface area contributed by atoms with Crippen molar-refractivity contribution < 1.29 is 14.3 Å². The number of esters is 1. The molecule has 1 fully saturated rings. The van der Waals surface area contributed by atoms with Crippen molar-refractivity contribution in [3.05, 3.63) is 41.6 Å². The van der Waals surface area contributed by atoms with Gasteiger partial charge in [-0.15, -0.1) is 0 Å². The first kappa shape index (κ1) is 20.8. The minimum Gasteiger partial charge on any atom is -0.466 e. The number of aromatic nitrogens is 2. The van der Waals surface area contributed by atoms with Gasteiger partial charge in [-0.1, -0.05) is 29.8 Å². The first-order valence-electron chi connectivity index (χ1n) is 9.98. The number of hydrogen-bond donors (Lipinski definition) is 0. The Morgan fingerprint density at radius 2 is 1.97 bits per heavy atom. The number of carbonyl (C=O) groups is 2. The molecule has 1 amide bonds. The number of ether oxygens (including phenoxy) is 1. The zero-order valence-electron chi connectivity index (χ0n) is 17.5. The molecule has 3 rings (SSSR count). The normalized spacial score (nSPS) is 16.4. The third kappa shape index (κ3) is 4.72. The molecule has 1 unspecified atom stereocenters. The van der Waals surface area contributed by atoms with E-state index in [-0.39, 0.29) is 17.8 Å². The Hall–Kier alpha value is -2.96. The summed E-state index contributed by atoms with van der Waals surface area (Å²) < 4.78 is 5.14. The van der Waals surface area contributed by atoms with E-state index < -0.39 is 0 Å². The molecule has 7 heteroatoms. The number of aryl methyl sites for hydroxylation is 1. The van der Waals surface area contributed by atoms with E-state index in [0.29, 0.717) is 36.9 Å². The van der Waals surface area contributed by atoms with Gasteiger partial charge >= 0.3 is 5.97 Å². The number of nitrogens with zero attached hydrogens (tertiary/aromatic N) is 4. The first-order chi connectivity index (χ1) is 13.9. The van der Waals surface area contributed by atoms with E-state index in [0.717, 1.165) is 24.0 Å². The molecule has 0 radical (unpaired) electrons. The summed E-state index contributed by atoms with van der Waals surface area (Å²) in [7, 11) is 3.71. The molecule has 29 heavy (non-hydrogen) atoms. The van der Waals surface area contributed by atoms with Crippen LogP contribution >= 0.6 is 0 Å². The molecule has 0 N–H and O–H groups in total. The van der Waals surface area contributed by atoms with Crippen molar-refractivity contribution in [1.29, 1.82) is 0 Å². The maximum Gasteiger partial charge on any atom is 0.310 e. The number of carbonyl (C=O) groups excluding carboxylic acids is 2. The van der Waals surface area contributed by atoms with Crippen molar-refractivity contribution in [2.45, 2.75) is 26.7 Å². The molecular weight excluding hydrogens is 368 g/mol. The van der Waals surface area contributed by atoms with E-state index in [1.165, 1.54) is 0 Å². The lowest BCUT2D eigenvalue weighted by molar-refractivity contribution is -0.149. The molecule has 1 aliphatic heterocycles. The third-order valence-electron chi connectivity index (χ3n) is 5.06. The summed E-state index contributed by atoms with van der Waals surface area (Å²) in [5.74, 6) is 0.484. The van der Waals surface area contributed by atoms with E-state index in [1.54, 1.807) is 18.0 Å². The average molecular weight is 396 g/mol. The number of hydrogen-bond acceptors (Lipinski definition) is 6. The van der Waals surface area contributed by atoms with Gasteiger partial charge in [0.05, 0.1) is 12.5 Å². The number of anilines is 1.